The molecular weight excluding hydrogens is 236 g/mol. The molecule has 0 fully saturated rings. The summed E-state index contributed by atoms with van der Waals surface area (Å²) in [7, 11) is 2.07. The highest BCUT2D eigenvalue weighted by Crippen LogP contribution is 2.11. The van der Waals surface area contributed by atoms with Gasteiger partial charge in [-0.3, -0.25) is 4.98 Å². The number of anilines is 1. The first-order chi connectivity index (χ1) is 9.25. The van der Waals surface area contributed by atoms with E-state index >= 15 is 0 Å². The maximum absolute atomic E-state index is 5.68. The van der Waals surface area contributed by atoms with Gasteiger partial charge < -0.3 is 9.64 Å². The third-order valence-electron chi connectivity index (χ3n) is 3.00. The Balaban J connectivity index is 1.74. The number of aromatic nitrogens is 1. The Bertz CT molecular complexity index is 499. The second-order valence-corrected chi connectivity index (χ2v) is 4.62. The van der Waals surface area contributed by atoms with E-state index < -0.39 is 0 Å². The molecule has 1 aromatic carbocycles. The zero-order valence-corrected chi connectivity index (χ0v) is 11.5. The van der Waals surface area contributed by atoms with Crippen molar-refractivity contribution < 1.29 is 4.74 Å². The molecule has 0 aliphatic heterocycles. The molecule has 2 aromatic rings. The fourth-order valence-electron chi connectivity index (χ4n) is 1.86. The van der Waals surface area contributed by atoms with Crippen LogP contribution in [0.15, 0.2) is 48.7 Å². The first-order valence-corrected chi connectivity index (χ1v) is 6.51. The van der Waals surface area contributed by atoms with E-state index in [0.29, 0.717) is 13.2 Å². The Morgan fingerprint density at radius 1 is 1.16 bits per heavy atom. The lowest BCUT2D eigenvalue weighted by Gasteiger charge is -2.19. The van der Waals surface area contributed by atoms with Crippen molar-refractivity contribution in [1.82, 2.24) is 4.98 Å². The summed E-state index contributed by atoms with van der Waals surface area (Å²) in [4.78, 5) is 6.38. The summed E-state index contributed by atoms with van der Waals surface area (Å²) in [5, 5.41) is 0. The molecule has 0 radical (unpaired) electrons. The normalized spacial score (nSPS) is 10.4. The Kier molecular flexibility index (Phi) is 4.93. The van der Waals surface area contributed by atoms with Gasteiger partial charge in [0.05, 0.1) is 13.2 Å². The highest BCUT2D eigenvalue weighted by molar-refractivity contribution is 5.45. The summed E-state index contributed by atoms with van der Waals surface area (Å²) in [6.07, 6.45) is 1.84. The van der Waals surface area contributed by atoms with Crippen LogP contribution < -0.4 is 4.90 Å². The molecule has 3 heteroatoms. The summed E-state index contributed by atoms with van der Waals surface area (Å²) in [6.45, 7) is 4.26. The van der Waals surface area contributed by atoms with Gasteiger partial charge in [0, 0.05) is 31.2 Å². The second-order valence-electron chi connectivity index (χ2n) is 4.62. The molecule has 0 saturated carbocycles. The van der Waals surface area contributed by atoms with Crippen LogP contribution in [-0.2, 0) is 11.3 Å². The molecule has 1 aromatic heterocycles. The van der Waals surface area contributed by atoms with Crippen molar-refractivity contribution >= 4 is 5.69 Å². The van der Waals surface area contributed by atoms with Crippen molar-refractivity contribution in [1.29, 1.82) is 0 Å². The van der Waals surface area contributed by atoms with E-state index in [1.165, 1.54) is 11.3 Å². The predicted molar refractivity (Wildman–Crippen MR) is 78.3 cm³/mol. The molecule has 2 rings (SSSR count). The number of rotatable bonds is 6. The molecule has 3 nitrogen and oxygen atoms in total. The molecule has 100 valence electrons. The Morgan fingerprint density at radius 3 is 2.68 bits per heavy atom. The molecule has 0 atom stereocenters. The van der Waals surface area contributed by atoms with Crippen LogP contribution in [0.25, 0.3) is 0 Å². The zero-order chi connectivity index (χ0) is 13.5. The first-order valence-electron chi connectivity index (χ1n) is 6.51. The number of aryl methyl sites for hydroxylation is 1. The number of benzene rings is 1. The van der Waals surface area contributed by atoms with Gasteiger partial charge in [0.2, 0.25) is 0 Å². The lowest BCUT2D eigenvalue weighted by atomic mass is 10.2. The average molecular weight is 256 g/mol. The number of hydrogen-bond acceptors (Lipinski definition) is 3. The van der Waals surface area contributed by atoms with Crippen molar-refractivity contribution in [3.05, 3.63) is 59.9 Å². The summed E-state index contributed by atoms with van der Waals surface area (Å²) in [5.74, 6) is 0. The van der Waals surface area contributed by atoms with Crippen LogP contribution in [0.4, 0.5) is 5.69 Å². The van der Waals surface area contributed by atoms with Gasteiger partial charge in [0.15, 0.2) is 0 Å². The lowest BCUT2D eigenvalue weighted by Crippen LogP contribution is -2.22. The van der Waals surface area contributed by atoms with Crippen molar-refractivity contribution in [2.75, 3.05) is 25.1 Å². The van der Waals surface area contributed by atoms with E-state index in [2.05, 4.69) is 35.1 Å². The largest absolute Gasteiger partial charge is 0.375 e. The van der Waals surface area contributed by atoms with Crippen molar-refractivity contribution in [2.45, 2.75) is 13.5 Å². The van der Waals surface area contributed by atoms with E-state index in [-0.39, 0.29) is 0 Å². The number of hydrogen-bond donors (Lipinski definition) is 0. The van der Waals surface area contributed by atoms with Crippen LogP contribution in [0.2, 0.25) is 0 Å². The fourth-order valence-corrected chi connectivity index (χ4v) is 1.86. The zero-order valence-electron chi connectivity index (χ0n) is 11.5. The van der Waals surface area contributed by atoms with Gasteiger partial charge in [-0.05, 0) is 24.6 Å². The van der Waals surface area contributed by atoms with Gasteiger partial charge in [-0.1, -0.05) is 30.3 Å². The predicted octanol–water partition coefficient (Wildman–Crippen LogP) is 3.04. The SMILES string of the molecule is Cc1cc(N(C)CCOCc2ccccc2)ccn1. The molecule has 19 heavy (non-hydrogen) atoms. The minimum absolute atomic E-state index is 0.671. The molecule has 0 spiro atoms. The molecule has 0 unspecified atom stereocenters. The van der Waals surface area contributed by atoms with Gasteiger partial charge in [-0.15, -0.1) is 0 Å². The molecular formula is C16H20N2O. The van der Waals surface area contributed by atoms with E-state index in [0.717, 1.165) is 12.2 Å². The molecule has 0 N–H and O–H groups in total. The number of pyridine rings is 1. The molecule has 0 bridgehead atoms. The standard InChI is InChI=1S/C16H20N2O/c1-14-12-16(8-9-17-14)18(2)10-11-19-13-15-6-4-3-5-7-15/h3-9,12H,10-11,13H2,1-2H3. The summed E-state index contributed by atoms with van der Waals surface area (Å²) in [6, 6.07) is 14.3. The van der Waals surface area contributed by atoms with Crippen LogP contribution in [0.3, 0.4) is 0 Å². The highest BCUT2D eigenvalue weighted by Gasteiger charge is 2.01. The Hall–Kier alpha value is -1.87. The number of ether oxygens (including phenoxy) is 1. The average Bonchev–Trinajstić information content (AvgIpc) is 2.44. The van der Waals surface area contributed by atoms with Crippen LogP contribution in [0, 0.1) is 6.92 Å². The van der Waals surface area contributed by atoms with Crippen LogP contribution >= 0.6 is 0 Å². The highest BCUT2D eigenvalue weighted by atomic mass is 16.5. The summed E-state index contributed by atoms with van der Waals surface area (Å²) in [5.41, 5.74) is 3.43. The van der Waals surface area contributed by atoms with Crippen LogP contribution in [0.5, 0.6) is 0 Å². The first kappa shape index (κ1) is 13.6. The van der Waals surface area contributed by atoms with Crippen molar-refractivity contribution in [3.63, 3.8) is 0 Å². The van der Waals surface area contributed by atoms with Crippen molar-refractivity contribution in [2.24, 2.45) is 0 Å². The van der Waals surface area contributed by atoms with Crippen molar-refractivity contribution in [3.8, 4) is 0 Å². The minimum atomic E-state index is 0.671. The van der Waals surface area contributed by atoms with E-state index in [4.69, 9.17) is 4.74 Å². The second kappa shape index (κ2) is 6.90. The summed E-state index contributed by atoms with van der Waals surface area (Å²) < 4.78 is 5.68. The van der Waals surface area contributed by atoms with Gasteiger partial charge in [-0.2, -0.15) is 0 Å². The quantitative estimate of drug-likeness (QED) is 0.743. The smallest absolute Gasteiger partial charge is 0.0717 e. The van der Waals surface area contributed by atoms with Gasteiger partial charge in [-0.25, -0.2) is 0 Å². The minimum Gasteiger partial charge on any atom is -0.375 e. The van der Waals surface area contributed by atoms with Crippen LogP contribution in [0.1, 0.15) is 11.3 Å². The third-order valence-corrected chi connectivity index (χ3v) is 3.00. The summed E-state index contributed by atoms with van der Waals surface area (Å²) >= 11 is 0. The maximum atomic E-state index is 5.68. The lowest BCUT2D eigenvalue weighted by molar-refractivity contribution is 0.127. The van der Waals surface area contributed by atoms with E-state index in [9.17, 15) is 0 Å². The monoisotopic (exact) mass is 256 g/mol. The third kappa shape index (κ3) is 4.38. The van der Waals surface area contributed by atoms with Gasteiger partial charge >= 0.3 is 0 Å². The number of nitrogens with zero attached hydrogens (tertiary/aromatic N) is 2. The maximum Gasteiger partial charge on any atom is 0.0717 e. The number of likely N-dealkylation sites (N-methyl/N-ethyl adjacent to an activating group) is 1. The molecule has 1 heterocycles. The van der Waals surface area contributed by atoms with Gasteiger partial charge in [0.25, 0.3) is 0 Å². The van der Waals surface area contributed by atoms with Gasteiger partial charge in [0.1, 0.15) is 0 Å². The molecule has 0 saturated heterocycles. The Morgan fingerprint density at radius 2 is 1.95 bits per heavy atom. The van der Waals surface area contributed by atoms with Crippen LogP contribution in [-0.4, -0.2) is 25.2 Å². The molecule has 0 amide bonds. The molecule has 0 aliphatic rings. The fraction of sp³-hybridized carbons (Fsp3) is 0.312. The topological polar surface area (TPSA) is 25.4 Å². The Labute approximate surface area is 114 Å². The molecule has 0 aliphatic carbocycles. The van der Waals surface area contributed by atoms with E-state index in [1.807, 2.05) is 37.4 Å². The van der Waals surface area contributed by atoms with E-state index in [1.54, 1.807) is 0 Å².